The average molecular weight is 543 g/mol. The summed E-state index contributed by atoms with van der Waals surface area (Å²) in [6.07, 6.45) is 9.19. The third-order valence-corrected chi connectivity index (χ3v) is 11.3. The molecule has 2 atom stereocenters. The van der Waals surface area contributed by atoms with Crippen LogP contribution in [0.25, 0.3) is 33.4 Å². The molecule has 2 aromatic carbocycles. The maximum atomic E-state index is 12.5. The molecule has 3 heterocycles. The van der Waals surface area contributed by atoms with Crippen molar-refractivity contribution in [2.45, 2.75) is 87.9 Å². The number of likely N-dealkylation sites (tertiary alicyclic amines) is 1. The number of nitrogens with zero attached hydrogens (tertiary/aromatic N) is 3. The van der Waals surface area contributed by atoms with Crippen LogP contribution in [0.15, 0.2) is 59.6 Å². The van der Waals surface area contributed by atoms with Gasteiger partial charge in [0.25, 0.3) is 0 Å². The predicted molar refractivity (Wildman–Crippen MR) is 158 cm³/mol. The highest BCUT2D eigenvalue weighted by atomic mass is 32.2. The first-order valence-corrected chi connectivity index (χ1v) is 15.8. The molecule has 1 unspecified atom stereocenters. The molecule has 0 bridgehead atoms. The van der Waals surface area contributed by atoms with Crippen molar-refractivity contribution in [3.63, 3.8) is 0 Å². The van der Waals surface area contributed by atoms with Crippen LogP contribution in [0.4, 0.5) is 0 Å². The van der Waals surface area contributed by atoms with Gasteiger partial charge < -0.3 is 0 Å². The van der Waals surface area contributed by atoms with Crippen molar-refractivity contribution in [3.05, 3.63) is 65.9 Å². The van der Waals surface area contributed by atoms with Crippen LogP contribution < -0.4 is 0 Å². The van der Waals surface area contributed by atoms with Crippen LogP contribution >= 0.6 is 0 Å². The first kappa shape index (κ1) is 26.2. The van der Waals surface area contributed by atoms with Crippen molar-refractivity contribution in [3.8, 4) is 22.4 Å². The Morgan fingerprint density at radius 2 is 1.69 bits per heavy atom. The van der Waals surface area contributed by atoms with E-state index in [1.807, 2.05) is 18.3 Å². The number of aromatic nitrogens is 3. The van der Waals surface area contributed by atoms with Gasteiger partial charge in [0.05, 0.1) is 10.1 Å². The molecule has 0 spiro atoms. The molecular formula is C32H38N4O2S. The van der Waals surface area contributed by atoms with Crippen LogP contribution in [0.5, 0.6) is 0 Å². The first-order chi connectivity index (χ1) is 18.7. The molecule has 4 aromatic rings. The van der Waals surface area contributed by atoms with E-state index in [4.69, 9.17) is 0 Å². The molecule has 1 aliphatic carbocycles. The zero-order chi connectivity index (χ0) is 27.4. The summed E-state index contributed by atoms with van der Waals surface area (Å²) < 4.78 is 25.1. The van der Waals surface area contributed by atoms with Crippen molar-refractivity contribution in [1.82, 2.24) is 20.1 Å². The van der Waals surface area contributed by atoms with Crippen LogP contribution in [0.1, 0.15) is 64.5 Å². The quantitative estimate of drug-likeness (QED) is 0.288. The molecule has 1 aliphatic heterocycles. The summed E-state index contributed by atoms with van der Waals surface area (Å²) in [5.41, 5.74) is 7.79. The molecule has 0 amide bonds. The molecule has 0 radical (unpaired) electrons. The van der Waals surface area contributed by atoms with Crippen LogP contribution in [-0.2, 0) is 22.7 Å². The molecule has 1 saturated heterocycles. The summed E-state index contributed by atoms with van der Waals surface area (Å²) in [7, 11) is -3.32. The number of rotatable bonds is 5. The van der Waals surface area contributed by atoms with Crippen LogP contribution in [0, 0.1) is 0 Å². The van der Waals surface area contributed by atoms with Gasteiger partial charge in [0, 0.05) is 34.3 Å². The third kappa shape index (κ3) is 4.70. The fourth-order valence-electron chi connectivity index (χ4n) is 6.59. The maximum Gasteiger partial charge on any atom is 0.180 e. The number of sulfone groups is 1. The van der Waals surface area contributed by atoms with Gasteiger partial charge in [0.15, 0.2) is 15.5 Å². The van der Waals surface area contributed by atoms with E-state index in [0.29, 0.717) is 10.9 Å². The van der Waals surface area contributed by atoms with Gasteiger partial charge in [-0.25, -0.2) is 13.4 Å². The summed E-state index contributed by atoms with van der Waals surface area (Å²) in [4.78, 5) is 7.78. The van der Waals surface area contributed by atoms with E-state index >= 15 is 0 Å². The standard InChI is InChI=1S/C32H38N4O2S/c1-21(2)39(37,38)28-11-9-24(10-12-28)30-29-19-27(20-33-31(29)35-34-30)25-8-7-23-13-15-32(4,16-14-26(23)18-25)36-17-5-6-22(36)3/h7-12,18-22H,5-6,13-17H2,1-4H3,(H,33,34,35)/t22-,32?/m1/s1. The molecule has 0 saturated carbocycles. The van der Waals surface area contributed by atoms with Crippen LogP contribution in [0.2, 0.25) is 0 Å². The molecule has 204 valence electrons. The van der Waals surface area contributed by atoms with Crippen LogP contribution in [-0.4, -0.2) is 51.9 Å². The molecule has 1 fully saturated rings. The van der Waals surface area contributed by atoms with E-state index in [9.17, 15) is 8.42 Å². The zero-order valence-electron chi connectivity index (χ0n) is 23.4. The smallest absolute Gasteiger partial charge is 0.180 e. The lowest BCUT2D eigenvalue weighted by atomic mass is 9.89. The second-order valence-corrected chi connectivity index (χ2v) is 14.5. The lowest BCUT2D eigenvalue weighted by Crippen LogP contribution is -2.48. The highest BCUT2D eigenvalue weighted by Crippen LogP contribution is 2.38. The van der Waals surface area contributed by atoms with Gasteiger partial charge in [-0.2, -0.15) is 5.10 Å². The molecule has 2 aliphatic rings. The minimum Gasteiger partial charge on any atom is -0.295 e. The monoisotopic (exact) mass is 542 g/mol. The molecular weight excluding hydrogens is 504 g/mol. The minimum atomic E-state index is -3.32. The number of nitrogens with one attached hydrogen (secondary N) is 1. The van der Waals surface area contributed by atoms with Crippen molar-refractivity contribution >= 4 is 20.9 Å². The fourth-order valence-corrected chi connectivity index (χ4v) is 7.65. The Labute approximate surface area is 231 Å². The normalized spacial score (nSPS) is 22.3. The van der Waals surface area contributed by atoms with Gasteiger partial charge in [-0.15, -0.1) is 0 Å². The Morgan fingerprint density at radius 3 is 2.38 bits per heavy atom. The number of pyridine rings is 1. The topological polar surface area (TPSA) is 79.0 Å². The van der Waals surface area contributed by atoms with Gasteiger partial charge in [-0.1, -0.05) is 30.3 Å². The van der Waals surface area contributed by atoms with Crippen molar-refractivity contribution in [2.24, 2.45) is 0 Å². The average Bonchev–Trinajstić information content (AvgIpc) is 3.52. The number of aryl methyl sites for hydroxylation is 2. The summed E-state index contributed by atoms with van der Waals surface area (Å²) in [6, 6.07) is 16.8. The predicted octanol–water partition coefficient (Wildman–Crippen LogP) is 6.60. The summed E-state index contributed by atoms with van der Waals surface area (Å²) in [5.74, 6) is 0. The number of fused-ring (bicyclic) bond motifs is 2. The third-order valence-electron chi connectivity index (χ3n) is 9.15. The Bertz CT molecular complexity index is 1620. The summed E-state index contributed by atoms with van der Waals surface area (Å²) in [5, 5.41) is 8.04. The summed E-state index contributed by atoms with van der Waals surface area (Å²) >= 11 is 0. The number of hydrogen-bond acceptors (Lipinski definition) is 5. The van der Waals surface area contributed by atoms with Gasteiger partial charge >= 0.3 is 0 Å². The van der Waals surface area contributed by atoms with E-state index < -0.39 is 15.1 Å². The number of H-pyrrole nitrogens is 1. The Morgan fingerprint density at radius 1 is 0.974 bits per heavy atom. The van der Waals surface area contributed by atoms with Gasteiger partial charge in [0.2, 0.25) is 0 Å². The number of benzene rings is 2. The Kier molecular flexibility index (Phi) is 6.63. The zero-order valence-corrected chi connectivity index (χ0v) is 24.2. The van der Waals surface area contributed by atoms with Crippen molar-refractivity contribution in [2.75, 3.05) is 6.54 Å². The minimum absolute atomic E-state index is 0.269. The second kappa shape index (κ2) is 9.86. The van der Waals surface area contributed by atoms with E-state index in [1.54, 1.807) is 26.0 Å². The fraction of sp³-hybridized carbons (Fsp3) is 0.438. The molecule has 2 aromatic heterocycles. The molecule has 6 rings (SSSR count). The van der Waals surface area contributed by atoms with Crippen molar-refractivity contribution < 1.29 is 8.42 Å². The highest BCUT2D eigenvalue weighted by Gasteiger charge is 2.38. The van der Waals surface area contributed by atoms with E-state index in [2.05, 4.69) is 58.2 Å². The molecule has 39 heavy (non-hydrogen) atoms. The Balaban J connectivity index is 1.29. The number of aromatic amines is 1. The Hall–Kier alpha value is -3.03. The number of hydrogen-bond donors (Lipinski definition) is 1. The van der Waals surface area contributed by atoms with Gasteiger partial charge in [-0.3, -0.25) is 10.00 Å². The molecule has 7 heteroatoms. The molecule has 1 N–H and O–H groups in total. The SMILES string of the molecule is CC(C)S(=O)(=O)c1ccc(-c2n[nH]c3ncc(-c4ccc5c(c4)CCC(C)(N4CCC[C@H]4C)CC5)cc23)cc1. The summed E-state index contributed by atoms with van der Waals surface area (Å²) in [6.45, 7) is 9.50. The highest BCUT2D eigenvalue weighted by molar-refractivity contribution is 7.92. The van der Waals surface area contributed by atoms with E-state index in [0.717, 1.165) is 40.7 Å². The first-order valence-electron chi connectivity index (χ1n) is 14.2. The van der Waals surface area contributed by atoms with Crippen molar-refractivity contribution in [1.29, 1.82) is 0 Å². The van der Waals surface area contributed by atoms with Gasteiger partial charge in [-0.05, 0) is 108 Å². The van der Waals surface area contributed by atoms with E-state index in [-0.39, 0.29) is 5.54 Å². The largest absolute Gasteiger partial charge is 0.295 e. The lowest BCUT2D eigenvalue weighted by Gasteiger charge is -2.41. The lowest BCUT2D eigenvalue weighted by molar-refractivity contribution is 0.0821. The van der Waals surface area contributed by atoms with E-state index in [1.165, 1.54) is 48.9 Å². The van der Waals surface area contributed by atoms with Crippen LogP contribution in [0.3, 0.4) is 0 Å². The van der Waals surface area contributed by atoms with Gasteiger partial charge in [0.1, 0.15) is 5.69 Å². The second-order valence-electron chi connectivity index (χ2n) is 12.0. The maximum absolute atomic E-state index is 12.5. The molecule has 6 nitrogen and oxygen atoms in total.